The number of hydrogen-bond donors (Lipinski definition) is 0. The smallest absolute Gasteiger partial charge is 0.163 e. The molecule has 20 heavy (non-hydrogen) atoms. The first-order valence-electron chi connectivity index (χ1n) is 6.81. The van der Waals surface area contributed by atoms with Crippen molar-refractivity contribution in [3.63, 3.8) is 0 Å². The highest BCUT2D eigenvalue weighted by Gasteiger charge is 2.20. The highest BCUT2D eigenvalue weighted by molar-refractivity contribution is 6.36. The summed E-state index contributed by atoms with van der Waals surface area (Å²) in [4.78, 5) is 4.72. The second-order valence-electron chi connectivity index (χ2n) is 5.02. The zero-order valence-corrected chi connectivity index (χ0v) is 11.7. The molecule has 0 fully saturated rings. The summed E-state index contributed by atoms with van der Waals surface area (Å²) in [5, 5.41) is 1.63. The second-order valence-corrected chi connectivity index (χ2v) is 5.40. The van der Waals surface area contributed by atoms with Crippen molar-refractivity contribution in [1.29, 1.82) is 0 Å². The van der Waals surface area contributed by atoms with Crippen molar-refractivity contribution >= 4 is 22.5 Å². The normalized spacial score (nSPS) is 17.6. The zero-order chi connectivity index (χ0) is 13.5. The number of nitrogens with zero attached hydrogens (tertiary/aromatic N) is 1. The highest BCUT2D eigenvalue weighted by atomic mass is 35.5. The van der Waals surface area contributed by atoms with Gasteiger partial charge < -0.3 is 14.2 Å². The molecular formula is C15H14ClNO3. The van der Waals surface area contributed by atoms with Crippen LogP contribution in [0.25, 0.3) is 10.9 Å². The fourth-order valence-corrected chi connectivity index (χ4v) is 2.98. The van der Waals surface area contributed by atoms with E-state index < -0.39 is 0 Å². The van der Waals surface area contributed by atoms with Crippen LogP contribution in [0.3, 0.4) is 0 Å². The summed E-state index contributed by atoms with van der Waals surface area (Å²) < 4.78 is 16.9. The van der Waals surface area contributed by atoms with Crippen molar-refractivity contribution in [2.75, 3.05) is 19.8 Å². The van der Waals surface area contributed by atoms with Crippen LogP contribution in [0.5, 0.6) is 11.5 Å². The van der Waals surface area contributed by atoms with Gasteiger partial charge in [0.2, 0.25) is 0 Å². The van der Waals surface area contributed by atoms with Gasteiger partial charge in [0.15, 0.2) is 11.5 Å². The standard InChI is InChI=1S/C15H14ClNO3/c16-15-9-6-13-14(20-4-1-3-19-13)7-12(9)17-11-2-5-18-8-10(11)15/h6-7H,1-5,8H2. The van der Waals surface area contributed by atoms with Crippen LogP contribution in [0.15, 0.2) is 12.1 Å². The van der Waals surface area contributed by atoms with E-state index in [-0.39, 0.29) is 0 Å². The van der Waals surface area contributed by atoms with Crippen molar-refractivity contribution in [2.45, 2.75) is 19.4 Å². The Morgan fingerprint density at radius 3 is 2.70 bits per heavy atom. The molecule has 4 nitrogen and oxygen atoms in total. The Hall–Kier alpha value is -1.52. The molecule has 0 bridgehead atoms. The Kier molecular flexibility index (Phi) is 2.93. The molecule has 1 aromatic carbocycles. The summed E-state index contributed by atoms with van der Waals surface area (Å²) >= 11 is 6.53. The fraction of sp³-hybridized carbons (Fsp3) is 0.400. The number of aromatic nitrogens is 1. The number of rotatable bonds is 0. The van der Waals surface area contributed by atoms with Crippen LogP contribution in [-0.2, 0) is 17.8 Å². The molecule has 104 valence electrons. The van der Waals surface area contributed by atoms with Crippen LogP contribution >= 0.6 is 11.6 Å². The number of pyridine rings is 1. The largest absolute Gasteiger partial charge is 0.490 e. The predicted molar refractivity (Wildman–Crippen MR) is 75.7 cm³/mol. The Bertz CT molecular complexity index is 687. The topological polar surface area (TPSA) is 40.6 Å². The molecule has 4 rings (SSSR count). The Morgan fingerprint density at radius 1 is 1.05 bits per heavy atom. The number of ether oxygens (including phenoxy) is 3. The minimum absolute atomic E-state index is 0.533. The third kappa shape index (κ3) is 1.91. The molecule has 0 N–H and O–H groups in total. The lowest BCUT2D eigenvalue weighted by Crippen LogP contribution is -2.12. The summed E-state index contributed by atoms with van der Waals surface area (Å²) in [5.41, 5.74) is 2.89. The maximum atomic E-state index is 6.53. The summed E-state index contributed by atoms with van der Waals surface area (Å²) in [5.74, 6) is 1.50. The average Bonchev–Trinajstić information content (AvgIpc) is 2.70. The van der Waals surface area contributed by atoms with Gasteiger partial charge in [-0.15, -0.1) is 0 Å². The minimum atomic E-state index is 0.533. The fourth-order valence-electron chi connectivity index (χ4n) is 2.66. The van der Waals surface area contributed by atoms with E-state index in [1.165, 1.54) is 0 Å². The summed E-state index contributed by atoms with van der Waals surface area (Å²) in [6, 6.07) is 3.86. The maximum Gasteiger partial charge on any atom is 0.163 e. The van der Waals surface area contributed by atoms with Gasteiger partial charge in [-0.25, -0.2) is 0 Å². The Labute approximate surface area is 121 Å². The van der Waals surface area contributed by atoms with E-state index in [0.717, 1.165) is 51.5 Å². The number of fused-ring (bicyclic) bond motifs is 3. The van der Waals surface area contributed by atoms with Crippen LogP contribution in [0.2, 0.25) is 5.02 Å². The minimum Gasteiger partial charge on any atom is -0.490 e. The Balaban J connectivity index is 1.95. The Morgan fingerprint density at radius 2 is 1.85 bits per heavy atom. The van der Waals surface area contributed by atoms with Gasteiger partial charge in [0.1, 0.15) is 0 Å². The SMILES string of the molecule is Clc1c2c(nc3cc4c(cc13)OCCCO4)CCOC2. The lowest BCUT2D eigenvalue weighted by molar-refractivity contribution is 0.109. The molecule has 2 aliphatic rings. The predicted octanol–water partition coefficient (Wildman–Crippen LogP) is 3.12. The van der Waals surface area contributed by atoms with Crippen LogP contribution in [-0.4, -0.2) is 24.8 Å². The van der Waals surface area contributed by atoms with Gasteiger partial charge in [-0.3, -0.25) is 4.98 Å². The van der Waals surface area contributed by atoms with Crippen LogP contribution < -0.4 is 9.47 Å². The lowest BCUT2D eigenvalue weighted by atomic mass is 10.1. The van der Waals surface area contributed by atoms with E-state index in [9.17, 15) is 0 Å². The van der Waals surface area contributed by atoms with Crippen LogP contribution in [0, 0.1) is 0 Å². The summed E-state index contributed by atoms with van der Waals surface area (Å²) in [7, 11) is 0. The lowest BCUT2D eigenvalue weighted by Gasteiger charge is -2.19. The van der Waals surface area contributed by atoms with E-state index in [2.05, 4.69) is 0 Å². The molecule has 0 saturated carbocycles. The van der Waals surface area contributed by atoms with Gasteiger partial charge in [0, 0.05) is 29.9 Å². The molecule has 0 atom stereocenters. The van der Waals surface area contributed by atoms with E-state index in [1.54, 1.807) is 0 Å². The van der Waals surface area contributed by atoms with Gasteiger partial charge in [-0.05, 0) is 6.07 Å². The number of hydrogen-bond acceptors (Lipinski definition) is 4. The van der Waals surface area contributed by atoms with E-state index in [4.69, 9.17) is 30.8 Å². The molecule has 3 heterocycles. The second kappa shape index (κ2) is 4.79. The van der Waals surface area contributed by atoms with E-state index in [1.807, 2.05) is 12.1 Å². The number of halogens is 1. The first-order chi connectivity index (χ1) is 9.83. The summed E-state index contributed by atoms with van der Waals surface area (Å²) in [6.07, 6.45) is 1.69. The quantitative estimate of drug-likeness (QED) is 0.748. The molecule has 0 unspecified atom stereocenters. The highest BCUT2D eigenvalue weighted by Crippen LogP contribution is 2.38. The van der Waals surface area contributed by atoms with Crippen LogP contribution in [0.4, 0.5) is 0 Å². The van der Waals surface area contributed by atoms with Gasteiger partial charge in [-0.1, -0.05) is 11.6 Å². The molecule has 5 heteroatoms. The van der Waals surface area contributed by atoms with Crippen LogP contribution in [0.1, 0.15) is 17.7 Å². The van der Waals surface area contributed by atoms with Gasteiger partial charge >= 0.3 is 0 Å². The molecule has 0 saturated heterocycles. The van der Waals surface area contributed by atoms with Crippen molar-refractivity contribution in [1.82, 2.24) is 4.98 Å². The van der Waals surface area contributed by atoms with Gasteiger partial charge in [0.05, 0.1) is 42.7 Å². The molecular weight excluding hydrogens is 278 g/mol. The van der Waals surface area contributed by atoms with E-state index >= 15 is 0 Å². The first-order valence-corrected chi connectivity index (χ1v) is 7.19. The van der Waals surface area contributed by atoms with Gasteiger partial charge in [0.25, 0.3) is 0 Å². The van der Waals surface area contributed by atoms with E-state index in [0.29, 0.717) is 26.4 Å². The molecule has 1 aromatic heterocycles. The average molecular weight is 292 g/mol. The molecule has 2 aliphatic heterocycles. The molecule has 0 aliphatic carbocycles. The van der Waals surface area contributed by atoms with Crippen molar-refractivity contribution < 1.29 is 14.2 Å². The van der Waals surface area contributed by atoms with Gasteiger partial charge in [-0.2, -0.15) is 0 Å². The molecule has 0 spiro atoms. The maximum absolute atomic E-state index is 6.53. The number of benzene rings is 1. The summed E-state index contributed by atoms with van der Waals surface area (Å²) in [6.45, 7) is 2.57. The van der Waals surface area contributed by atoms with Crippen molar-refractivity contribution in [2.24, 2.45) is 0 Å². The monoisotopic (exact) mass is 291 g/mol. The van der Waals surface area contributed by atoms with Crippen molar-refractivity contribution in [3.05, 3.63) is 28.4 Å². The third-order valence-corrected chi connectivity index (χ3v) is 4.13. The molecule has 0 amide bonds. The first kappa shape index (κ1) is 12.2. The third-order valence-electron chi connectivity index (χ3n) is 3.70. The molecule has 0 radical (unpaired) electrons. The van der Waals surface area contributed by atoms with Crippen molar-refractivity contribution in [3.8, 4) is 11.5 Å². The zero-order valence-electron chi connectivity index (χ0n) is 10.9. The molecule has 2 aromatic rings.